The number of aromatic nitrogens is 1. The molecule has 1 aliphatic carbocycles. The predicted octanol–water partition coefficient (Wildman–Crippen LogP) is 4.29. The highest BCUT2D eigenvalue weighted by Gasteiger charge is 2.55. The van der Waals surface area contributed by atoms with Gasteiger partial charge in [-0.1, -0.05) is 33.1 Å². The maximum atomic E-state index is 13.5. The van der Waals surface area contributed by atoms with E-state index in [4.69, 9.17) is 23.7 Å². The molecule has 3 amide bonds. The number of ether oxygens (including phenoxy) is 5. The summed E-state index contributed by atoms with van der Waals surface area (Å²) in [5, 5.41) is 5.75. The Bertz CT molecular complexity index is 1000. The maximum Gasteiger partial charge on any atom is 0.415 e. The first-order valence-electron chi connectivity index (χ1n) is 14.5. The van der Waals surface area contributed by atoms with Crippen molar-refractivity contribution in [1.29, 1.82) is 0 Å². The van der Waals surface area contributed by atoms with Gasteiger partial charge in [-0.05, 0) is 56.7 Å². The van der Waals surface area contributed by atoms with Crippen LogP contribution in [0.2, 0.25) is 0 Å². The number of amides is 3. The third kappa shape index (κ3) is 8.76. The third-order valence-electron chi connectivity index (χ3n) is 7.81. The number of hydrogen-bond donors (Lipinski definition) is 2. The number of pyridine rings is 1. The zero-order valence-electron chi connectivity index (χ0n) is 25.1. The van der Waals surface area contributed by atoms with Gasteiger partial charge in [0.2, 0.25) is 6.79 Å². The Morgan fingerprint density at radius 3 is 2.46 bits per heavy atom. The molecular weight excluding hydrogens is 532 g/mol. The van der Waals surface area contributed by atoms with Crippen LogP contribution in [0.15, 0.2) is 18.3 Å². The van der Waals surface area contributed by atoms with Gasteiger partial charge >= 0.3 is 18.1 Å². The monoisotopic (exact) mass is 578 g/mol. The van der Waals surface area contributed by atoms with Crippen molar-refractivity contribution >= 4 is 23.9 Å². The lowest BCUT2D eigenvalue weighted by Crippen LogP contribution is -2.73. The average Bonchev–Trinajstić information content (AvgIpc) is 2.95. The number of urea groups is 1. The number of anilines is 1. The van der Waals surface area contributed by atoms with Gasteiger partial charge in [0.05, 0.1) is 12.0 Å². The molecule has 41 heavy (non-hydrogen) atoms. The Morgan fingerprint density at radius 2 is 1.83 bits per heavy atom. The molecule has 12 nitrogen and oxygen atoms in total. The highest BCUT2D eigenvalue weighted by atomic mass is 16.7. The fourth-order valence-electron chi connectivity index (χ4n) is 5.63. The van der Waals surface area contributed by atoms with Crippen LogP contribution >= 0.6 is 0 Å². The highest BCUT2D eigenvalue weighted by Crippen LogP contribution is 2.39. The normalized spacial score (nSPS) is 22.4. The third-order valence-corrected chi connectivity index (χ3v) is 7.81. The largest absolute Gasteiger partial charge is 0.428 e. The number of carbonyl (C=O) groups excluding carboxylic acids is 3. The Kier molecular flexibility index (Phi) is 12.6. The van der Waals surface area contributed by atoms with Gasteiger partial charge in [-0.3, -0.25) is 15.0 Å². The summed E-state index contributed by atoms with van der Waals surface area (Å²) < 4.78 is 27.2. The Morgan fingerprint density at radius 1 is 1.10 bits per heavy atom. The summed E-state index contributed by atoms with van der Waals surface area (Å²) in [7, 11) is 3.15. The molecular formula is C29H46N4O8. The summed E-state index contributed by atoms with van der Waals surface area (Å²) in [6.45, 7) is 7.26. The van der Waals surface area contributed by atoms with Crippen LogP contribution in [-0.2, 0) is 34.9 Å². The lowest BCUT2D eigenvalue weighted by molar-refractivity contribution is -0.253. The molecule has 2 fully saturated rings. The van der Waals surface area contributed by atoms with Crippen molar-refractivity contribution in [2.24, 2.45) is 17.8 Å². The van der Waals surface area contributed by atoms with E-state index in [1.165, 1.54) is 19.3 Å². The second-order valence-electron chi connectivity index (χ2n) is 10.9. The minimum Gasteiger partial charge on any atom is -0.428 e. The summed E-state index contributed by atoms with van der Waals surface area (Å²) in [4.78, 5) is 43.1. The molecule has 3 rings (SSSR count). The zero-order valence-corrected chi connectivity index (χ0v) is 25.1. The molecule has 1 saturated heterocycles. The van der Waals surface area contributed by atoms with Gasteiger partial charge in [-0.2, -0.15) is 0 Å². The van der Waals surface area contributed by atoms with E-state index < -0.39 is 37.4 Å². The first-order valence-corrected chi connectivity index (χ1v) is 14.5. The van der Waals surface area contributed by atoms with Crippen LogP contribution in [0.5, 0.6) is 0 Å². The summed E-state index contributed by atoms with van der Waals surface area (Å²) in [6.07, 6.45) is 6.03. The molecule has 0 bridgehead atoms. The fraction of sp³-hybridized carbons (Fsp3) is 0.724. The molecule has 1 saturated carbocycles. The van der Waals surface area contributed by atoms with Crippen molar-refractivity contribution in [3.8, 4) is 0 Å². The van der Waals surface area contributed by atoms with E-state index in [0.29, 0.717) is 18.9 Å². The summed E-state index contributed by atoms with van der Waals surface area (Å²) in [5.41, 5.74) is 0.862. The van der Waals surface area contributed by atoms with Crippen LogP contribution in [0.25, 0.3) is 0 Å². The topological polar surface area (TPSA) is 138 Å². The quantitative estimate of drug-likeness (QED) is 0.259. The number of hydrogen-bond acceptors (Lipinski definition) is 9. The van der Waals surface area contributed by atoms with Crippen LogP contribution < -0.4 is 10.6 Å². The van der Waals surface area contributed by atoms with Crippen LogP contribution in [0.1, 0.15) is 65.4 Å². The fourth-order valence-corrected chi connectivity index (χ4v) is 5.63. The van der Waals surface area contributed by atoms with Gasteiger partial charge in [0.15, 0.2) is 6.29 Å². The molecule has 2 heterocycles. The van der Waals surface area contributed by atoms with E-state index in [1.54, 1.807) is 45.2 Å². The van der Waals surface area contributed by atoms with Crippen LogP contribution in [0.4, 0.5) is 15.4 Å². The SMILES string of the molecule is CCOC(OC)C1[C@@H](Cc2ccnc(NC(=O)OCOC(=O)C(C)C)c2)C(OC)N1C(=O)NC(C)C1CCCCC1. The van der Waals surface area contributed by atoms with Crippen LogP contribution in [0, 0.1) is 17.8 Å². The van der Waals surface area contributed by atoms with E-state index in [2.05, 4.69) is 22.5 Å². The van der Waals surface area contributed by atoms with Gasteiger partial charge in [-0.15, -0.1) is 0 Å². The number of nitrogens with zero attached hydrogens (tertiary/aromatic N) is 2. The molecule has 1 aromatic heterocycles. The van der Waals surface area contributed by atoms with Crippen molar-refractivity contribution in [3.05, 3.63) is 23.9 Å². The standard InChI is InChI=1S/C29H46N4O8/c1-7-39-27(38-6)24-22(25(37-5)33(24)28(35)31-19(4)21-11-9-8-10-12-21)15-20-13-14-30-23(16-20)32-29(36)41-17-40-26(34)18(2)3/h13-14,16,18-19,21-22,24-25,27H,7-12,15,17H2,1-6H3,(H,31,35)(H,30,32,36)/t19?,22-,24?,25?,27?/m1/s1. The number of esters is 1. The second-order valence-corrected chi connectivity index (χ2v) is 10.9. The molecule has 0 spiro atoms. The molecule has 0 aromatic carbocycles. The molecule has 4 unspecified atom stereocenters. The molecule has 2 aliphatic rings. The lowest BCUT2D eigenvalue weighted by atomic mass is 9.80. The first kappa shape index (κ1) is 32.6. The summed E-state index contributed by atoms with van der Waals surface area (Å²) >= 11 is 0. The van der Waals surface area contributed by atoms with E-state index in [0.717, 1.165) is 18.4 Å². The molecule has 12 heteroatoms. The predicted molar refractivity (Wildman–Crippen MR) is 151 cm³/mol. The van der Waals surface area contributed by atoms with Crippen LogP contribution in [-0.4, -0.2) is 80.2 Å². The van der Waals surface area contributed by atoms with E-state index >= 15 is 0 Å². The smallest absolute Gasteiger partial charge is 0.415 e. The summed E-state index contributed by atoms with van der Waals surface area (Å²) in [6, 6.07) is 3.02. The van der Waals surface area contributed by atoms with E-state index in [9.17, 15) is 14.4 Å². The number of rotatable bonds is 13. The number of methoxy groups -OCH3 is 2. The van der Waals surface area contributed by atoms with Crippen molar-refractivity contribution in [1.82, 2.24) is 15.2 Å². The molecule has 5 atom stereocenters. The lowest BCUT2D eigenvalue weighted by Gasteiger charge is -2.55. The Hall–Kier alpha value is -2.96. The number of carbonyl (C=O) groups is 3. The maximum absolute atomic E-state index is 13.5. The minimum absolute atomic E-state index is 0.0515. The highest BCUT2D eigenvalue weighted by molar-refractivity contribution is 5.83. The number of nitrogens with one attached hydrogen (secondary N) is 2. The van der Waals surface area contributed by atoms with Crippen molar-refractivity contribution in [2.45, 2.75) is 90.8 Å². The van der Waals surface area contributed by atoms with Gasteiger partial charge in [0.25, 0.3) is 0 Å². The summed E-state index contributed by atoms with van der Waals surface area (Å²) in [5.74, 6) is -0.199. The molecule has 1 aromatic rings. The van der Waals surface area contributed by atoms with Crippen molar-refractivity contribution < 1.29 is 38.1 Å². The second kappa shape index (κ2) is 15.9. The van der Waals surface area contributed by atoms with Crippen molar-refractivity contribution in [2.75, 3.05) is 32.9 Å². The zero-order chi connectivity index (χ0) is 29.9. The number of likely N-dealkylation sites (tertiary alicyclic amines) is 1. The van der Waals surface area contributed by atoms with Gasteiger partial charge in [0.1, 0.15) is 12.0 Å². The minimum atomic E-state index is -0.798. The molecule has 2 N–H and O–H groups in total. The van der Waals surface area contributed by atoms with Gasteiger partial charge < -0.3 is 29.0 Å². The van der Waals surface area contributed by atoms with E-state index in [1.807, 2.05) is 13.0 Å². The van der Waals surface area contributed by atoms with Crippen molar-refractivity contribution in [3.63, 3.8) is 0 Å². The van der Waals surface area contributed by atoms with Gasteiger partial charge in [-0.25, -0.2) is 14.6 Å². The Balaban J connectivity index is 1.68. The Labute approximate surface area is 242 Å². The first-order chi connectivity index (χ1) is 19.7. The molecule has 230 valence electrons. The molecule has 1 aliphatic heterocycles. The van der Waals surface area contributed by atoms with E-state index in [-0.39, 0.29) is 29.7 Å². The average molecular weight is 579 g/mol. The van der Waals surface area contributed by atoms with Crippen LogP contribution in [0.3, 0.4) is 0 Å². The van der Waals surface area contributed by atoms with Gasteiger partial charge in [0, 0.05) is 39.0 Å². The molecule has 0 radical (unpaired) electrons.